The van der Waals surface area contributed by atoms with Gasteiger partial charge in [0.2, 0.25) is 11.8 Å². The molecule has 17 heavy (non-hydrogen) atoms. The molecule has 0 aromatic carbocycles. The van der Waals surface area contributed by atoms with Crippen LogP contribution in [0.15, 0.2) is 0 Å². The molecule has 1 unspecified atom stereocenters. The van der Waals surface area contributed by atoms with Crippen molar-refractivity contribution in [1.29, 1.82) is 0 Å². The molecule has 2 amide bonds. The van der Waals surface area contributed by atoms with Crippen LogP contribution in [0, 0.1) is 5.92 Å². The van der Waals surface area contributed by atoms with E-state index in [9.17, 15) is 14.4 Å². The first-order chi connectivity index (χ1) is 7.73. The standard InChI is InChI=1S/C11H20N2O4/c1-6(2)5-9(11(16)17)13-10(15)7(3)12-8(4)14/h6-7,9H,5H2,1-4H3,(H,12,14)(H,13,15)(H,16,17)/t7?,9-/m1/s1. The van der Waals surface area contributed by atoms with E-state index < -0.39 is 24.0 Å². The van der Waals surface area contributed by atoms with Gasteiger partial charge in [-0.1, -0.05) is 13.8 Å². The summed E-state index contributed by atoms with van der Waals surface area (Å²) in [6.07, 6.45) is 0.355. The van der Waals surface area contributed by atoms with Crippen molar-refractivity contribution < 1.29 is 19.5 Å². The number of nitrogens with one attached hydrogen (secondary N) is 2. The highest BCUT2D eigenvalue weighted by molar-refractivity contribution is 5.89. The lowest BCUT2D eigenvalue weighted by molar-refractivity contribution is -0.142. The predicted molar refractivity (Wildman–Crippen MR) is 62.3 cm³/mol. The van der Waals surface area contributed by atoms with E-state index in [0.717, 1.165) is 0 Å². The molecule has 0 bridgehead atoms. The molecule has 6 heteroatoms. The van der Waals surface area contributed by atoms with Crippen LogP contribution in [0.1, 0.15) is 34.1 Å². The minimum absolute atomic E-state index is 0.160. The Morgan fingerprint density at radius 2 is 1.65 bits per heavy atom. The summed E-state index contributed by atoms with van der Waals surface area (Å²) >= 11 is 0. The zero-order valence-electron chi connectivity index (χ0n) is 10.6. The third-order valence-electron chi connectivity index (χ3n) is 2.13. The van der Waals surface area contributed by atoms with Crippen LogP contribution in [0.2, 0.25) is 0 Å². The Balaban J connectivity index is 4.39. The monoisotopic (exact) mass is 244 g/mol. The van der Waals surface area contributed by atoms with Gasteiger partial charge in [0.1, 0.15) is 12.1 Å². The summed E-state index contributed by atoms with van der Waals surface area (Å²) in [4.78, 5) is 33.2. The summed E-state index contributed by atoms with van der Waals surface area (Å²) in [6.45, 7) is 6.55. The molecule has 0 aliphatic carbocycles. The molecule has 3 N–H and O–H groups in total. The van der Waals surface area contributed by atoms with Gasteiger partial charge in [-0.3, -0.25) is 9.59 Å². The zero-order valence-corrected chi connectivity index (χ0v) is 10.6. The van der Waals surface area contributed by atoms with Crippen molar-refractivity contribution in [1.82, 2.24) is 10.6 Å². The third-order valence-corrected chi connectivity index (χ3v) is 2.13. The van der Waals surface area contributed by atoms with Gasteiger partial charge in [0.15, 0.2) is 0 Å². The summed E-state index contributed by atoms with van der Waals surface area (Å²) < 4.78 is 0. The molecular weight excluding hydrogens is 224 g/mol. The summed E-state index contributed by atoms with van der Waals surface area (Å²) in [7, 11) is 0. The van der Waals surface area contributed by atoms with Gasteiger partial charge >= 0.3 is 5.97 Å². The molecule has 0 aliphatic rings. The maximum absolute atomic E-state index is 11.6. The van der Waals surface area contributed by atoms with E-state index in [2.05, 4.69) is 10.6 Å². The van der Waals surface area contributed by atoms with E-state index in [-0.39, 0.29) is 11.8 Å². The van der Waals surface area contributed by atoms with Crippen LogP contribution >= 0.6 is 0 Å². The molecule has 6 nitrogen and oxygen atoms in total. The van der Waals surface area contributed by atoms with Crippen molar-refractivity contribution in [3.63, 3.8) is 0 Å². The van der Waals surface area contributed by atoms with Crippen LogP contribution < -0.4 is 10.6 Å². The van der Waals surface area contributed by atoms with Gasteiger partial charge < -0.3 is 15.7 Å². The number of carbonyl (C=O) groups excluding carboxylic acids is 2. The number of carboxylic acids is 1. The molecule has 0 aromatic rings. The van der Waals surface area contributed by atoms with Crippen molar-refractivity contribution in [2.45, 2.75) is 46.2 Å². The second-order valence-electron chi connectivity index (χ2n) is 4.45. The molecule has 0 heterocycles. The topological polar surface area (TPSA) is 95.5 Å². The lowest BCUT2D eigenvalue weighted by atomic mass is 10.0. The number of amides is 2. The van der Waals surface area contributed by atoms with E-state index in [0.29, 0.717) is 6.42 Å². The van der Waals surface area contributed by atoms with Crippen molar-refractivity contribution in [3.05, 3.63) is 0 Å². The van der Waals surface area contributed by atoms with Gasteiger partial charge in [-0.25, -0.2) is 4.79 Å². The first-order valence-corrected chi connectivity index (χ1v) is 5.54. The molecule has 2 atom stereocenters. The van der Waals surface area contributed by atoms with Gasteiger partial charge in [0.05, 0.1) is 0 Å². The minimum Gasteiger partial charge on any atom is -0.480 e. The molecule has 0 aromatic heterocycles. The van der Waals surface area contributed by atoms with Crippen LogP contribution in [0.4, 0.5) is 0 Å². The Bertz CT molecular complexity index is 302. The number of carbonyl (C=O) groups is 3. The second-order valence-corrected chi connectivity index (χ2v) is 4.45. The molecule has 0 rings (SSSR count). The van der Waals surface area contributed by atoms with E-state index >= 15 is 0 Å². The molecular formula is C11H20N2O4. The lowest BCUT2D eigenvalue weighted by Gasteiger charge is -2.19. The molecule has 0 saturated carbocycles. The fourth-order valence-corrected chi connectivity index (χ4v) is 1.36. The summed E-state index contributed by atoms with van der Waals surface area (Å²) in [5.41, 5.74) is 0. The second kappa shape index (κ2) is 6.88. The van der Waals surface area contributed by atoms with Crippen LogP contribution in [-0.4, -0.2) is 35.0 Å². The van der Waals surface area contributed by atoms with Crippen LogP contribution in [0.25, 0.3) is 0 Å². The Hall–Kier alpha value is -1.59. The number of aliphatic carboxylic acids is 1. The van der Waals surface area contributed by atoms with Crippen molar-refractivity contribution >= 4 is 17.8 Å². The summed E-state index contributed by atoms with van der Waals surface area (Å²) in [5.74, 6) is -1.73. The van der Waals surface area contributed by atoms with Gasteiger partial charge in [0, 0.05) is 6.92 Å². The fraction of sp³-hybridized carbons (Fsp3) is 0.727. The molecule has 0 radical (unpaired) electrons. The first-order valence-electron chi connectivity index (χ1n) is 5.54. The first kappa shape index (κ1) is 15.4. The van der Waals surface area contributed by atoms with E-state index in [1.54, 1.807) is 0 Å². The van der Waals surface area contributed by atoms with E-state index in [4.69, 9.17) is 5.11 Å². The maximum atomic E-state index is 11.6. The van der Waals surface area contributed by atoms with Crippen molar-refractivity contribution in [2.75, 3.05) is 0 Å². The Labute approximate surface area is 101 Å². The predicted octanol–water partition coefficient (Wildman–Crippen LogP) is 0.127. The highest BCUT2D eigenvalue weighted by Crippen LogP contribution is 2.05. The number of hydrogen-bond donors (Lipinski definition) is 3. The summed E-state index contributed by atoms with van der Waals surface area (Å²) in [5, 5.41) is 13.7. The Kier molecular flexibility index (Phi) is 6.23. The Morgan fingerprint density at radius 1 is 1.12 bits per heavy atom. The minimum atomic E-state index is -1.07. The van der Waals surface area contributed by atoms with E-state index in [1.807, 2.05) is 13.8 Å². The lowest BCUT2D eigenvalue weighted by Crippen LogP contribution is -2.50. The normalized spacial score (nSPS) is 13.9. The zero-order chi connectivity index (χ0) is 13.6. The molecule has 0 fully saturated rings. The van der Waals surface area contributed by atoms with Crippen molar-refractivity contribution in [3.8, 4) is 0 Å². The van der Waals surface area contributed by atoms with Gasteiger partial charge in [-0.2, -0.15) is 0 Å². The van der Waals surface area contributed by atoms with Crippen molar-refractivity contribution in [2.24, 2.45) is 5.92 Å². The largest absolute Gasteiger partial charge is 0.480 e. The van der Waals surface area contributed by atoms with Crippen LogP contribution in [0.3, 0.4) is 0 Å². The summed E-state index contributed by atoms with van der Waals surface area (Å²) in [6, 6.07) is -1.65. The molecule has 0 spiro atoms. The smallest absolute Gasteiger partial charge is 0.326 e. The average molecular weight is 244 g/mol. The van der Waals surface area contributed by atoms with Gasteiger partial charge in [0.25, 0.3) is 0 Å². The maximum Gasteiger partial charge on any atom is 0.326 e. The number of carboxylic acid groups (broad SMARTS) is 1. The quantitative estimate of drug-likeness (QED) is 0.618. The number of rotatable bonds is 6. The molecule has 0 aliphatic heterocycles. The molecule has 98 valence electrons. The average Bonchev–Trinajstić information content (AvgIpc) is 2.14. The molecule has 0 saturated heterocycles. The van der Waals surface area contributed by atoms with Crippen LogP contribution in [-0.2, 0) is 14.4 Å². The fourth-order valence-electron chi connectivity index (χ4n) is 1.36. The SMILES string of the molecule is CC(=O)NC(C)C(=O)N[C@H](CC(C)C)C(=O)O. The highest BCUT2D eigenvalue weighted by atomic mass is 16.4. The van der Waals surface area contributed by atoms with E-state index in [1.165, 1.54) is 13.8 Å². The Morgan fingerprint density at radius 3 is 2.00 bits per heavy atom. The number of hydrogen-bond acceptors (Lipinski definition) is 3. The van der Waals surface area contributed by atoms with Crippen LogP contribution in [0.5, 0.6) is 0 Å². The highest BCUT2D eigenvalue weighted by Gasteiger charge is 2.23. The van der Waals surface area contributed by atoms with Gasteiger partial charge in [-0.05, 0) is 19.3 Å². The van der Waals surface area contributed by atoms with Gasteiger partial charge in [-0.15, -0.1) is 0 Å². The third kappa shape index (κ3) is 6.55.